The van der Waals surface area contributed by atoms with Gasteiger partial charge in [-0.2, -0.15) is 4.98 Å². The molecular formula is C12H9BrF2N2O. The van der Waals surface area contributed by atoms with Crippen molar-refractivity contribution in [3.05, 3.63) is 46.3 Å². The van der Waals surface area contributed by atoms with Crippen molar-refractivity contribution in [3.8, 4) is 11.6 Å². The molecule has 1 aromatic carbocycles. The normalized spacial score (nSPS) is 10.4. The number of aryl methyl sites for hydroxylation is 1. The maximum absolute atomic E-state index is 13.4. The minimum absolute atomic E-state index is 0.165. The number of ether oxygens (including phenoxy) is 1. The van der Waals surface area contributed by atoms with Crippen LogP contribution in [-0.2, 0) is 6.42 Å². The summed E-state index contributed by atoms with van der Waals surface area (Å²) in [6.45, 7) is 1.88. The molecule has 0 N–H and O–H groups in total. The topological polar surface area (TPSA) is 35.0 Å². The second kappa shape index (κ2) is 5.39. The molecule has 0 atom stereocenters. The lowest BCUT2D eigenvalue weighted by atomic mass is 10.3. The Balaban J connectivity index is 2.33. The lowest BCUT2D eigenvalue weighted by Crippen LogP contribution is -1.98. The van der Waals surface area contributed by atoms with Crippen molar-refractivity contribution in [3.63, 3.8) is 0 Å². The van der Waals surface area contributed by atoms with Crippen LogP contribution in [0.25, 0.3) is 0 Å². The van der Waals surface area contributed by atoms with E-state index in [0.717, 1.165) is 18.2 Å². The van der Waals surface area contributed by atoms with Crippen molar-refractivity contribution in [2.75, 3.05) is 0 Å². The second-order valence-electron chi connectivity index (χ2n) is 3.48. The molecular weight excluding hydrogens is 306 g/mol. The smallest absolute Gasteiger partial charge is 0.223 e. The van der Waals surface area contributed by atoms with E-state index in [1.807, 2.05) is 6.92 Å². The Hall–Kier alpha value is -1.56. The Bertz CT molecular complexity index is 578. The Morgan fingerprint density at radius 2 is 2.00 bits per heavy atom. The molecule has 0 unspecified atom stereocenters. The molecule has 0 saturated carbocycles. The average Bonchev–Trinajstić information content (AvgIpc) is 2.33. The molecule has 0 fully saturated rings. The molecule has 2 aromatic rings. The lowest BCUT2D eigenvalue weighted by Gasteiger charge is -2.07. The van der Waals surface area contributed by atoms with Gasteiger partial charge in [0.1, 0.15) is 16.2 Å². The Morgan fingerprint density at radius 3 is 2.72 bits per heavy atom. The Morgan fingerprint density at radius 1 is 1.22 bits per heavy atom. The predicted octanol–water partition coefficient (Wildman–Crippen LogP) is 3.87. The van der Waals surface area contributed by atoms with Gasteiger partial charge < -0.3 is 4.74 Å². The highest BCUT2D eigenvalue weighted by Crippen LogP contribution is 2.25. The first-order valence-electron chi connectivity index (χ1n) is 5.25. The molecule has 0 radical (unpaired) electrons. The first-order valence-corrected chi connectivity index (χ1v) is 6.04. The molecule has 0 aliphatic heterocycles. The highest BCUT2D eigenvalue weighted by Gasteiger charge is 2.09. The van der Waals surface area contributed by atoms with Gasteiger partial charge in [-0.05, 0) is 28.1 Å². The zero-order chi connectivity index (χ0) is 13.1. The first kappa shape index (κ1) is 12.9. The highest BCUT2D eigenvalue weighted by atomic mass is 79.9. The van der Waals surface area contributed by atoms with E-state index in [9.17, 15) is 8.78 Å². The third kappa shape index (κ3) is 3.01. The predicted molar refractivity (Wildman–Crippen MR) is 65.5 cm³/mol. The summed E-state index contributed by atoms with van der Waals surface area (Å²) in [5.41, 5.74) is 0. The van der Waals surface area contributed by atoms with Gasteiger partial charge in [-0.25, -0.2) is 13.8 Å². The number of nitrogens with zero attached hydrogens (tertiary/aromatic N) is 2. The third-order valence-corrected chi connectivity index (χ3v) is 2.55. The van der Waals surface area contributed by atoms with Gasteiger partial charge in [0.15, 0.2) is 11.6 Å². The third-order valence-electron chi connectivity index (χ3n) is 2.14. The van der Waals surface area contributed by atoms with Gasteiger partial charge in [0.25, 0.3) is 0 Å². The van der Waals surface area contributed by atoms with Gasteiger partial charge >= 0.3 is 0 Å². The van der Waals surface area contributed by atoms with Gasteiger partial charge in [0.2, 0.25) is 5.88 Å². The van der Waals surface area contributed by atoms with Crippen molar-refractivity contribution in [1.29, 1.82) is 0 Å². The number of benzene rings is 1. The van der Waals surface area contributed by atoms with Crippen LogP contribution in [0.3, 0.4) is 0 Å². The highest BCUT2D eigenvalue weighted by molar-refractivity contribution is 9.10. The Labute approximate surface area is 111 Å². The van der Waals surface area contributed by atoms with Crippen LogP contribution < -0.4 is 4.74 Å². The van der Waals surface area contributed by atoms with E-state index in [2.05, 4.69) is 25.9 Å². The van der Waals surface area contributed by atoms with Crippen LogP contribution in [-0.4, -0.2) is 9.97 Å². The van der Waals surface area contributed by atoms with Gasteiger partial charge in [0, 0.05) is 18.6 Å². The second-order valence-corrected chi connectivity index (χ2v) is 4.29. The molecule has 0 saturated heterocycles. The van der Waals surface area contributed by atoms with Gasteiger partial charge in [0.05, 0.1) is 0 Å². The van der Waals surface area contributed by atoms with E-state index >= 15 is 0 Å². The number of hydrogen-bond acceptors (Lipinski definition) is 3. The molecule has 2 rings (SSSR count). The summed E-state index contributed by atoms with van der Waals surface area (Å²) < 4.78 is 32.1. The van der Waals surface area contributed by atoms with E-state index in [1.165, 1.54) is 6.07 Å². The van der Waals surface area contributed by atoms with Crippen molar-refractivity contribution in [2.24, 2.45) is 0 Å². The SMILES string of the molecule is CCc1nc(Br)cc(Oc2cc(F)ccc2F)n1. The molecule has 3 nitrogen and oxygen atoms in total. The van der Waals surface area contributed by atoms with Gasteiger partial charge in [-0.1, -0.05) is 6.92 Å². The number of halogens is 3. The lowest BCUT2D eigenvalue weighted by molar-refractivity contribution is 0.419. The molecule has 6 heteroatoms. The largest absolute Gasteiger partial charge is 0.436 e. The molecule has 0 amide bonds. The van der Waals surface area contributed by atoms with Crippen molar-refractivity contribution in [2.45, 2.75) is 13.3 Å². The zero-order valence-corrected chi connectivity index (χ0v) is 11.0. The summed E-state index contributed by atoms with van der Waals surface area (Å²) in [5, 5.41) is 0. The summed E-state index contributed by atoms with van der Waals surface area (Å²) in [6.07, 6.45) is 0.613. The van der Waals surface area contributed by atoms with Gasteiger partial charge in [-0.15, -0.1) is 0 Å². The van der Waals surface area contributed by atoms with E-state index in [0.29, 0.717) is 16.8 Å². The maximum Gasteiger partial charge on any atom is 0.223 e. The first-order chi connectivity index (χ1) is 8.58. The van der Waals surface area contributed by atoms with Crippen LogP contribution in [0, 0.1) is 11.6 Å². The molecule has 1 aromatic heterocycles. The van der Waals surface area contributed by atoms with E-state index < -0.39 is 11.6 Å². The Kier molecular flexibility index (Phi) is 3.86. The zero-order valence-electron chi connectivity index (χ0n) is 9.45. The van der Waals surface area contributed by atoms with Crippen LogP contribution in [0.2, 0.25) is 0 Å². The van der Waals surface area contributed by atoms with Crippen LogP contribution >= 0.6 is 15.9 Å². The number of aromatic nitrogens is 2. The summed E-state index contributed by atoms with van der Waals surface area (Å²) in [6, 6.07) is 4.48. The fourth-order valence-corrected chi connectivity index (χ4v) is 1.72. The fourth-order valence-electron chi connectivity index (χ4n) is 1.32. The summed E-state index contributed by atoms with van der Waals surface area (Å²) in [5.74, 6) is -0.712. The average molecular weight is 315 g/mol. The molecule has 94 valence electrons. The van der Waals surface area contributed by atoms with Crippen LogP contribution in [0.15, 0.2) is 28.9 Å². The fraction of sp³-hybridized carbons (Fsp3) is 0.167. The minimum Gasteiger partial charge on any atom is -0.436 e. The molecule has 0 aliphatic rings. The van der Waals surface area contributed by atoms with E-state index in [-0.39, 0.29) is 11.6 Å². The molecule has 0 bridgehead atoms. The maximum atomic E-state index is 13.4. The molecule has 0 aliphatic carbocycles. The monoisotopic (exact) mass is 314 g/mol. The van der Waals surface area contributed by atoms with E-state index in [1.54, 1.807) is 0 Å². The minimum atomic E-state index is -0.649. The van der Waals surface area contributed by atoms with E-state index in [4.69, 9.17) is 4.74 Å². The molecule has 1 heterocycles. The molecule has 0 spiro atoms. The van der Waals surface area contributed by atoms with Crippen molar-refractivity contribution >= 4 is 15.9 Å². The van der Waals surface area contributed by atoms with Crippen LogP contribution in [0.4, 0.5) is 8.78 Å². The van der Waals surface area contributed by atoms with Crippen LogP contribution in [0.5, 0.6) is 11.6 Å². The van der Waals surface area contributed by atoms with Crippen molar-refractivity contribution in [1.82, 2.24) is 9.97 Å². The molecule has 18 heavy (non-hydrogen) atoms. The number of rotatable bonds is 3. The summed E-state index contributed by atoms with van der Waals surface area (Å²) in [4.78, 5) is 8.16. The number of hydrogen-bond donors (Lipinski definition) is 0. The standard InChI is InChI=1S/C12H9BrF2N2O/c1-2-11-16-10(13)6-12(17-11)18-9-5-7(14)3-4-8(9)15/h3-6H,2H2,1H3. The summed E-state index contributed by atoms with van der Waals surface area (Å²) in [7, 11) is 0. The summed E-state index contributed by atoms with van der Waals surface area (Å²) >= 11 is 3.20. The van der Waals surface area contributed by atoms with Crippen molar-refractivity contribution < 1.29 is 13.5 Å². The van der Waals surface area contributed by atoms with Crippen LogP contribution in [0.1, 0.15) is 12.7 Å². The van der Waals surface area contributed by atoms with Gasteiger partial charge in [-0.3, -0.25) is 0 Å². The quantitative estimate of drug-likeness (QED) is 0.807.